The molecular formula is C23H22N6O5. The summed E-state index contributed by atoms with van der Waals surface area (Å²) in [5.74, 6) is 0.251. The van der Waals surface area contributed by atoms with E-state index in [0.29, 0.717) is 29.1 Å². The van der Waals surface area contributed by atoms with E-state index in [1.54, 1.807) is 0 Å². The van der Waals surface area contributed by atoms with Gasteiger partial charge in [-0.3, -0.25) is 19.5 Å². The molecule has 1 N–H and O–H groups in total. The zero-order chi connectivity index (χ0) is 23.7. The second-order valence-electron chi connectivity index (χ2n) is 8.16. The highest BCUT2D eigenvalue weighted by Gasteiger charge is 2.21. The van der Waals surface area contributed by atoms with Crippen molar-refractivity contribution in [2.75, 3.05) is 23.3 Å². The standard InChI is InChI=1S/C23H22N6O5/c30-20(8-5-13-28-18-10-9-15(29(32)33)14-19(18)34-23(28)31)26-21-22(27-11-3-4-12-27)25-17-7-2-1-6-16(17)24-21/h1-2,6-7,9-10,14H,3-5,8,11-13H2,(H,24,26,30). The van der Waals surface area contributed by atoms with E-state index in [9.17, 15) is 19.7 Å². The number of amides is 1. The van der Waals surface area contributed by atoms with Crippen LogP contribution in [0, 0.1) is 10.1 Å². The molecule has 0 spiro atoms. The van der Waals surface area contributed by atoms with Crippen molar-refractivity contribution in [3.8, 4) is 0 Å². The summed E-state index contributed by atoms with van der Waals surface area (Å²) in [5, 5.41) is 13.8. The number of fused-ring (bicyclic) bond motifs is 2. The van der Waals surface area contributed by atoms with Gasteiger partial charge in [-0.1, -0.05) is 12.1 Å². The van der Waals surface area contributed by atoms with Gasteiger partial charge in [0.2, 0.25) is 5.91 Å². The lowest BCUT2D eigenvalue weighted by Crippen LogP contribution is -2.23. The van der Waals surface area contributed by atoms with Gasteiger partial charge in [0, 0.05) is 32.1 Å². The molecular weight excluding hydrogens is 440 g/mol. The molecule has 5 rings (SSSR count). The zero-order valence-electron chi connectivity index (χ0n) is 18.3. The number of benzene rings is 2. The van der Waals surface area contributed by atoms with Crippen molar-refractivity contribution in [1.82, 2.24) is 14.5 Å². The summed E-state index contributed by atoms with van der Waals surface area (Å²) in [6, 6.07) is 11.5. The summed E-state index contributed by atoms with van der Waals surface area (Å²) in [4.78, 5) is 46.8. The number of aryl methyl sites for hydroxylation is 1. The van der Waals surface area contributed by atoms with Crippen LogP contribution in [0.1, 0.15) is 25.7 Å². The summed E-state index contributed by atoms with van der Waals surface area (Å²) < 4.78 is 6.51. The molecule has 4 aromatic rings. The van der Waals surface area contributed by atoms with E-state index in [1.165, 1.54) is 22.8 Å². The Balaban J connectivity index is 1.30. The maximum atomic E-state index is 12.7. The maximum Gasteiger partial charge on any atom is 0.419 e. The molecule has 34 heavy (non-hydrogen) atoms. The Hall–Kier alpha value is -4.28. The number of aromatic nitrogens is 3. The first-order valence-electron chi connectivity index (χ1n) is 11.1. The van der Waals surface area contributed by atoms with Crippen molar-refractivity contribution in [3.63, 3.8) is 0 Å². The van der Waals surface area contributed by atoms with Crippen molar-refractivity contribution in [2.45, 2.75) is 32.2 Å². The Kier molecular flexibility index (Phi) is 5.66. The molecule has 0 radical (unpaired) electrons. The number of non-ortho nitro benzene ring substituents is 1. The van der Waals surface area contributed by atoms with Gasteiger partial charge in [0.05, 0.1) is 27.5 Å². The predicted molar refractivity (Wildman–Crippen MR) is 126 cm³/mol. The minimum absolute atomic E-state index is 0.144. The molecule has 0 saturated carbocycles. The van der Waals surface area contributed by atoms with Gasteiger partial charge in [-0.2, -0.15) is 0 Å². The van der Waals surface area contributed by atoms with Crippen molar-refractivity contribution in [3.05, 3.63) is 63.1 Å². The highest BCUT2D eigenvalue weighted by Crippen LogP contribution is 2.28. The number of nitro groups is 1. The topological polar surface area (TPSA) is 136 Å². The molecule has 0 aliphatic carbocycles. The van der Waals surface area contributed by atoms with E-state index in [4.69, 9.17) is 9.40 Å². The largest absolute Gasteiger partial charge is 0.419 e. The van der Waals surface area contributed by atoms with Crippen LogP contribution in [0.2, 0.25) is 0 Å². The van der Waals surface area contributed by atoms with E-state index in [0.717, 1.165) is 31.4 Å². The number of para-hydroxylation sites is 2. The SMILES string of the molecule is O=C(CCCn1c(=O)oc2cc([N+](=O)[O-])ccc21)Nc1nc2ccccc2nc1N1CCCC1. The molecule has 1 fully saturated rings. The monoisotopic (exact) mass is 462 g/mol. The molecule has 1 aliphatic rings. The molecule has 0 atom stereocenters. The van der Waals surface area contributed by atoms with Crippen molar-refractivity contribution in [1.29, 1.82) is 0 Å². The van der Waals surface area contributed by atoms with Gasteiger partial charge in [-0.05, 0) is 37.5 Å². The Bertz CT molecular complexity index is 1450. The highest BCUT2D eigenvalue weighted by molar-refractivity contribution is 5.94. The van der Waals surface area contributed by atoms with Crippen LogP contribution in [-0.4, -0.2) is 38.5 Å². The lowest BCUT2D eigenvalue weighted by atomic mass is 10.2. The molecule has 174 valence electrons. The molecule has 1 aliphatic heterocycles. The van der Waals surface area contributed by atoms with Crippen molar-refractivity contribution < 1.29 is 14.1 Å². The van der Waals surface area contributed by atoms with Crippen LogP contribution >= 0.6 is 0 Å². The fourth-order valence-corrected chi connectivity index (χ4v) is 4.20. The average molecular weight is 462 g/mol. The lowest BCUT2D eigenvalue weighted by molar-refractivity contribution is -0.384. The molecule has 2 aromatic carbocycles. The number of carbonyl (C=O) groups excluding carboxylic acids is 1. The van der Waals surface area contributed by atoms with Crippen LogP contribution in [0.15, 0.2) is 51.7 Å². The third-order valence-corrected chi connectivity index (χ3v) is 5.86. The van der Waals surface area contributed by atoms with E-state index in [2.05, 4.69) is 15.2 Å². The average Bonchev–Trinajstić information content (AvgIpc) is 3.46. The number of carbonyl (C=O) groups is 1. The van der Waals surface area contributed by atoms with Gasteiger partial charge in [-0.25, -0.2) is 14.8 Å². The number of nitrogens with one attached hydrogen (secondary N) is 1. The zero-order valence-corrected chi connectivity index (χ0v) is 18.3. The van der Waals surface area contributed by atoms with Gasteiger partial charge in [0.15, 0.2) is 17.2 Å². The van der Waals surface area contributed by atoms with Crippen molar-refractivity contribution >= 4 is 45.4 Å². The van der Waals surface area contributed by atoms with Crippen molar-refractivity contribution in [2.24, 2.45) is 0 Å². The fourth-order valence-electron chi connectivity index (χ4n) is 4.20. The quantitative estimate of drug-likeness (QED) is 0.326. The summed E-state index contributed by atoms with van der Waals surface area (Å²) in [7, 11) is 0. The normalized spacial score (nSPS) is 13.6. The van der Waals surface area contributed by atoms with E-state index in [1.807, 2.05) is 24.3 Å². The molecule has 0 bridgehead atoms. The van der Waals surface area contributed by atoms with Crippen LogP contribution in [0.4, 0.5) is 17.3 Å². The summed E-state index contributed by atoms with van der Waals surface area (Å²) in [5.41, 5.74) is 1.91. The van der Waals surface area contributed by atoms with Crippen LogP contribution in [0.3, 0.4) is 0 Å². The van der Waals surface area contributed by atoms with Gasteiger partial charge < -0.3 is 14.6 Å². The van der Waals surface area contributed by atoms with Gasteiger partial charge in [0.1, 0.15) is 0 Å². The molecule has 11 heteroatoms. The second kappa shape index (κ2) is 8.93. The number of hydrogen-bond donors (Lipinski definition) is 1. The lowest BCUT2D eigenvalue weighted by Gasteiger charge is -2.20. The summed E-state index contributed by atoms with van der Waals surface area (Å²) >= 11 is 0. The number of oxazole rings is 1. The Morgan fingerprint density at radius 3 is 2.59 bits per heavy atom. The molecule has 11 nitrogen and oxygen atoms in total. The number of nitro benzene ring substituents is 1. The highest BCUT2D eigenvalue weighted by atomic mass is 16.6. The summed E-state index contributed by atoms with van der Waals surface area (Å²) in [6.45, 7) is 1.97. The third-order valence-electron chi connectivity index (χ3n) is 5.86. The van der Waals surface area contributed by atoms with Gasteiger partial charge in [-0.15, -0.1) is 0 Å². The second-order valence-corrected chi connectivity index (χ2v) is 8.16. The number of nitrogens with zero attached hydrogens (tertiary/aromatic N) is 5. The number of anilines is 2. The molecule has 3 heterocycles. The first-order valence-corrected chi connectivity index (χ1v) is 11.1. The van der Waals surface area contributed by atoms with Crippen LogP contribution in [0.25, 0.3) is 22.1 Å². The minimum atomic E-state index is -0.618. The van der Waals surface area contributed by atoms with Gasteiger partial charge >= 0.3 is 5.76 Å². The Morgan fingerprint density at radius 2 is 1.85 bits per heavy atom. The first kappa shape index (κ1) is 21.6. The molecule has 0 unspecified atom stereocenters. The smallest absolute Gasteiger partial charge is 0.407 e. The number of rotatable bonds is 7. The van der Waals surface area contributed by atoms with E-state index < -0.39 is 10.7 Å². The van der Waals surface area contributed by atoms with E-state index >= 15 is 0 Å². The maximum absolute atomic E-state index is 12.7. The first-order chi connectivity index (χ1) is 16.5. The molecule has 2 aromatic heterocycles. The third kappa shape index (κ3) is 4.19. The van der Waals surface area contributed by atoms with Crippen LogP contribution < -0.4 is 16.0 Å². The Morgan fingerprint density at radius 1 is 1.12 bits per heavy atom. The fraction of sp³-hybridized carbons (Fsp3) is 0.304. The summed E-state index contributed by atoms with van der Waals surface area (Å²) in [6.07, 6.45) is 2.66. The number of hydrogen-bond acceptors (Lipinski definition) is 8. The predicted octanol–water partition coefficient (Wildman–Crippen LogP) is 3.47. The van der Waals surface area contributed by atoms with E-state index in [-0.39, 0.29) is 30.1 Å². The van der Waals surface area contributed by atoms with Crippen LogP contribution in [0.5, 0.6) is 0 Å². The van der Waals surface area contributed by atoms with Crippen LogP contribution in [-0.2, 0) is 11.3 Å². The molecule has 1 saturated heterocycles. The molecule has 1 amide bonds. The Labute approximate surface area is 193 Å². The van der Waals surface area contributed by atoms with Gasteiger partial charge in [0.25, 0.3) is 5.69 Å². The minimum Gasteiger partial charge on any atom is -0.407 e.